The van der Waals surface area contributed by atoms with Gasteiger partial charge in [0.15, 0.2) is 21.5 Å². The zero-order chi connectivity index (χ0) is 20.6. The minimum absolute atomic E-state index is 0.00130. The van der Waals surface area contributed by atoms with Crippen molar-refractivity contribution in [3.05, 3.63) is 23.8 Å². The van der Waals surface area contributed by atoms with Crippen LogP contribution in [0.2, 0.25) is 0 Å². The van der Waals surface area contributed by atoms with E-state index < -0.39 is 33.4 Å². The van der Waals surface area contributed by atoms with Crippen LogP contribution in [0.1, 0.15) is 19.3 Å². The highest BCUT2D eigenvalue weighted by molar-refractivity contribution is 7.91. The van der Waals surface area contributed by atoms with Crippen molar-refractivity contribution in [3.63, 3.8) is 0 Å². The molecule has 0 bridgehead atoms. The fraction of sp³-hybridized carbons (Fsp3) is 0.471. The molecule has 1 N–H and O–H groups in total. The second-order valence-corrected chi connectivity index (χ2v) is 9.21. The van der Waals surface area contributed by atoms with Crippen molar-refractivity contribution in [3.8, 4) is 0 Å². The van der Waals surface area contributed by atoms with Crippen LogP contribution in [0, 0.1) is 11.6 Å². The van der Waals surface area contributed by atoms with Gasteiger partial charge in [-0.05, 0) is 18.6 Å². The lowest BCUT2D eigenvalue weighted by atomic mass is 10.1. The molecule has 152 valence electrons. The van der Waals surface area contributed by atoms with E-state index in [0.717, 1.165) is 17.1 Å². The topological polar surface area (TPSA) is 99.2 Å². The van der Waals surface area contributed by atoms with Gasteiger partial charge >= 0.3 is 0 Å². The highest BCUT2D eigenvalue weighted by Gasteiger charge is 2.37. The molecule has 2 heterocycles. The van der Waals surface area contributed by atoms with E-state index in [1.807, 2.05) is 0 Å². The zero-order valence-electron chi connectivity index (χ0n) is 15.4. The van der Waals surface area contributed by atoms with Gasteiger partial charge < -0.3 is 10.2 Å². The molecule has 0 spiro atoms. The van der Waals surface area contributed by atoms with Crippen LogP contribution in [0.4, 0.5) is 20.2 Å². The molecule has 1 unspecified atom stereocenters. The monoisotopic (exact) mass is 414 g/mol. The van der Waals surface area contributed by atoms with Crippen LogP contribution in [0.15, 0.2) is 17.2 Å². The van der Waals surface area contributed by atoms with Gasteiger partial charge in [0.2, 0.25) is 5.91 Å². The Hall–Kier alpha value is -2.56. The van der Waals surface area contributed by atoms with Gasteiger partial charge in [0.1, 0.15) is 11.4 Å². The third kappa shape index (κ3) is 4.13. The summed E-state index contributed by atoms with van der Waals surface area (Å²) < 4.78 is 51.4. The molecule has 11 heteroatoms. The lowest BCUT2D eigenvalue weighted by Gasteiger charge is -2.27. The Morgan fingerprint density at radius 1 is 1.25 bits per heavy atom. The van der Waals surface area contributed by atoms with Crippen LogP contribution in [-0.2, 0) is 19.4 Å². The average molecular weight is 414 g/mol. The van der Waals surface area contributed by atoms with Crippen molar-refractivity contribution >= 4 is 38.7 Å². The van der Waals surface area contributed by atoms with Crippen LogP contribution in [0.25, 0.3) is 0 Å². The second kappa shape index (κ2) is 7.46. The summed E-state index contributed by atoms with van der Waals surface area (Å²) in [5, 5.41) is 7.46. The molecule has 0 saturated carbocycles. The van der Waals surface area contributed by atoms with Gasteiger partial charge in [-0.25, -0.2) is 22.2 Å². The van der Waals surface area contributed by atoms with Crippen molar-refractivity contribution in [2.45, 2.75) is 25.3 Å². The average Bonchev–Trinajstić information content (AvgIpc) is 2.93. The second-order valence-electron chi connectivity index (χ2n) is 6.98. The quantitative estimate of drug-likeness (QED) is 0.797. The molecule has 1 fully saturated rings. The predicted molar refractivity (Wildman–Crippen MR) is 99.9 cm³/mol. The number of nitrogens with one attached hydrogen (secondary N) is 1. The van der Waals surface area contributed by atoms with E-state index in [2.05, 4.69) is 10.4 Å². The molecule has 1 aromatic carbocycles. The molecule has 1 aromatic rings. The Balaban J connectivity index is 1.79. The number of carbonyl (C=O) groups excluding carboxylic acids is 2. The SMILES string of the molecule is CN(C)c1c(F)cc(NC(=O)C2=NN(C3CCS(=O)(=O)C3)C(=O)CC2)cc1F. The number of hydrogen-bond donors (Lipinski definition) is 1. The van der Waals surface area contributed by atoms with Gasteiger partial charge in [0.25, 0.3) is 5.91 Å². The maximum atomic E-state index is 14.1. The number of nitrogens with zero attached hydrogens (tertiary/aromatic N) is 3. The first kappa shape index (κ1) is 20.2. The molecule has 0 aromatic heterocycles. The van der Waals surface area contributed by atoms with Gasteiger partial charge in [-0.3, -0.25) is 9.59 Å². The van der Waals surface area contributed by atoms with Gasteiger partial charge in [0.05, 0.1) is 17.5 Å². The van der Waals surface area contributed by atoms with Crippen molar-refractivity contribution in [1.82, 2.24) is 5.01 Å². The minimum atomic E-state index is -3.23. The van der Waals surface area contributed by atoms with Gasteiger partial charge in [-0.2, -0.15) is 5.10 Å². The first-order valence-electron chi connectivity index (χ1n) is 8.65. The Morgan fingerprint density at radius 2 is 1.89 bits per heavy atom. The van der Waals surface area contributed by atoms with E-state index in [1.165, 1.54) is 19.0 Å². The molecule has 0 aliphatic carbocycles. The van der Waals surface area contributed by atoms with E-state index in [9.17, 15) is 26.8 Å². The maximum Gasteiger partial charge on any atom is 0.271 e. The third-order valence-corrected chi connectivity index (χ3v) is 6.35. The van der Waals surface area contributed by atoms with Gasteiger partial charge in [-0.1, -0.05) is 0 Å². The van der Waals surface area contributed by atoms with E-state index in [4.69, 9.17) is 0 Å². The Labute approximate surface area is 161 Å². The van der Waals surface area contributed by atoms with E-state index in [0.29, 0.717) is 0 Å². The highest BCUT2D eigenvalue weighted by Crippen LogP contribution is 2.26. The number of benzene rings is 1. The fourth-order valence-corrected chi connectivity index (χ4v) is 4.95. The first-order chi connectivity index (χ1) is 13.1. The Morgan fingerprint density at radius 3 is 2.43 bits per heavy atom. The van der Waals surface area contributed by atoms with Crippen molar-refractivity contribution < 1.29 is 26.8 Å². The minimum Gasteiger partial charge on any atom is -0.373 e. The summed E-state index contributed by atoms with van der Waals surface area (Å²) >= 11 is 0. The Kier molecular flexibility index (Phi) is 5.37. The molecule has 1 saturated heterocycles. The van der Waals surface area contributed by atoms with E-state index >= 15 is 0 Å². The van der Waals surface area contributed by atoms with Crippen molar-refractivity contribution in [2.24, 2.45) is 5.10 Å². The fourth-order valence-electron chi connectivity index (χ4n) is 3.26. The number of amides is 2. The predicted octanol–water partition coefficient (Wildman–Crippen LogP) is 1.13. The van der Waals surface area contributed by atoms with Crippen molar-refractivity contribution in [2.75, 3.05) is 35.8 Å². The summed E-state index contributed by atoms with van der Waals surface area (Å²) in [6, 6.07) is 1.38. The number of halogens is 2. The number of rotatable bonds is 4. The number of hydrazone groups is 1. The molecule has 1 atom stereocenters. The summed E-state index contributed by atoms with van der Waals surface area (Å²) in [7, 11) is -0.243. The van der Waals surface area contributed by atoms with Gasteiger partial charge in [-0.15, -0.1) is 0 Å². The van der Waals surface area contributed by atoms with Crippen LogP contribution in [-0.4, -0.2) is 62.6 Å². The molecule has 0 radical (unpaired) electrons. The normalized spacial score (nSPS) is 21.4. The number of carbonyl (C=O) groups is 2. The van der Waals surface area contributed by atoms with E-state index in [-0.39, 0.29) is 53.8 Å². The maximum absolute atomic E-state index is 14.1. The first-order valence-corrected chi connectivity index (χ1v) is 10.5. The smallest absolute Gasteiger partial charge is 0.271 e. The number of hydrogen-bond acceptors (Lipinski definition) is 6. The molecule has 28 heavy (non-hydrogen) atoms. The summed E-state index contributed by atoms with van der Waals surface area (Å²) in [4.78, 5) is 25.8. The molecule has 2 aliphatic heterocycles. The summed E-state index contributed by atoms with van der Waals surface area (Å²) in [5.74, 6) is -2.95. The summed E-state index contributed by atoms with van der Waals surface area (Å²) in [6.07, 6.45) is 0.321. The van der Waals surface area contributed by atoms with E-state index in [1.54, 1.807) is 0 Å². The summed E-state index contributed by atoms with van der Waals surface area (Å²) in [6.45, 7) is 0. The molecule has 3 rings (SSSR count). The Bertz CT molecular complexity index is 939. The zero-order valence-corrected chi connectivity index (χ0v) is 16.2. The largest absolute Gasteiger partial charge is 0.373 e. The van der Waals surface area contributed by atoms with Crippen LogP contribution >= 0.6 is 0 Å². The summed E-state index contributed by atoms with van der Waals surface area (Å²) in [5.41, 5.74) is -0.311. The lowest BCUT2D eigenvalue weighted by molar-refractivity contribution is -0.133. The number of sulfone groups is 1. The highest BCUT2D eigenvalue weighted by atomic mass is 32.2. The van der Waals surface area contributed by atoms with Gasteiger partial charge in [0, 0.05) is 32.6 Å². The molecule has 2 aliphatic rings. The van der Waals surface area contributed by atoms with Crippen LogP contribution in [0.5, 0.6) is 0 Å². The standard InChI is InChI=1S/C17H20F2N4O4S/c1-22(2)16-12(18)7-10(8-13(16)19)20-17(25)14-3-4-15(24)23(21-14)11-5-6-28(26,27)9-11/h7-8,11H,3-6,9H2,1-2H3,(H,20,25). The number of anilines is 2. The third-order valence-electron chi connectivity index (χ3n) is 4.60. The molecule has 2 amide bonds. The molecule has 8 nitrogen and oxygen atoms in total. The molecular formula is C17H20F2N4O4S. The van der Waals surface area contributed by atoms with Crippen LogP contribution < -0.4 is 10.2 Å². The molecular weight excluding hydrogens is 394 g/mol. The lowest BCUT2D eigenvalue weighted by Crippen LogP contribution is -2.42. The van der Waals surface area contributed by atoms with Crippen molar-refractivity contribution in [1.29, 1.82) is 0 Å². The van der Waals surface area contributed by atoms with Crippen LogP contribution in [0.3, 0.4) is 0 Å².